The van der Waals surface area contributed by atoms with E-state index >= 15 is 0 Å². The number of Topliss-reactive ketones (excluding diaryl/α,β-unsaturated/α-hetero) is 1. The van der Waals surface area contributed by atoms with Gasteiger partial charge in [-0.15, -0.1) is 10.2 Å². The number of nitrogens with zero attached hydrogens (tertiary/aromatic N) is 3. The number of benzene rings is 2. The number of ether oxygens (including phenoxy) is 1. The van der Waals surface area contributed by atoms with Crippen LogP contribution in [0, 0.1) is 0 Å². The van der Waals surface area contributed by atoms with Gasteiger partial charge in [-0.1, -0.05) is 36.8 Å². The Morgan fingerprint density at radius 1 is 1.17 bits per heavy atom. The summed E-state index contributed by atoms with van der Waals surface area (Å²) in [5.41, 5.74) is 2.67. The first-order valence-corrected chi connectivity index (χ1v) is 9.66. The van der Waals surface area contributed by atoms with E-state index in [1.54, 1.807) is 6.07 Å². The quantitative estimate of drug-likeness (QED) is 0.561. The van der Waals surface area contributed by atoms with Crippen LogP contribution >= 0.6 is 0 Å². The van der Waals surface area contributed by atoms with Gasteiger partial charge in [0.05, 0.1) is 11.0 Å². The van der Waals surface area contributed by atoms with Crippen molar-refractivity contribution in [3.8, 4) is 11.5 Å². The van der Waals surface area contributed by atoms with Crippen molar-refractivity contribution in [2.24, 2.45) is 0 Å². The Labute approximate surface area is 170 Å². The molecule has 0 aliphatic carbocycles. The lowest BCUT2D eigenvalue weighted by Gasteiger charge is -2.21. The molecule has 0 amide bonds. The number of rotatable bonds is 8. The molecule has 0 bridgehead atoms. The molecule has 0 spiro atoms. The smallest absolute Gasteiger partial charge is 0.184 e. The Hall–Kier alpha value is -3.22. The van der Waals surface area contributed by atoms with Crippen molar-refractivity contribution in [3.63, 3.8) is 0 Å². The monoisotopic (exact) mass is 394 g/mol. The number of hydrogen-bond donors (Lipinski definition) is 2. The van der Waals surface area contributed by atoms with Crippen LogP contribution in [0.4, 0.5) is 0 Å². The number of carbonyl (C=O) groups excluding carboxylic acids is 1. The predicted molar refractivity (Wildman–Crippen MR) is 109 cm³/mol. The fourth-order valence-electron chi connectivity index (χ4n) is 3.31. The molecular weight excluding hydrogens is 368 g/mol. The molecule has 152 valence electrons. The van der Waals surface area contributed by atoms with Crippen molar-refractivity contribution < 1.29 is 14.6 Å². The van der Waals surface area contributed by atoms with Gasteiger partial charge in [-0.25, -0.2) is 0 Å². The van der Waals surface area contributed by atoms with E-state index in [2.05, 4.69) is 20.6 Å². The Bertz CT molecular complexity index is 980. The van der Waals surface area contributed by atoms with Gasteiger partial charge in [0.25, 0.3) is 0 Å². The summed E-state index contributed by atoms with van der Waals surface area (Å²) >= 11 is 0. The van der Waals surface area contributed by atoms with Crippen LogP contribution < -0.4 is 4.74 Å². The summed E-state index contributed by atoms with van der Waals surface area (Å²) in [6.07, 6.45) is 1.55. The molecule has 7 heteroatoms. The maximum atomic E-state index is 11.7. The van der Waals surface area contributed by atoms with Gasteiger partial charge < -0.3 is 9.84 Å². The van der Waals surface area contributed by atoms with Gasteiger partial charge >= 0.3 is 0 Å². The van der Waals surface area contributed by atoms with E-state index in [9.17, 15) is 9.90 Å². The summed E-state index contributed by atoms with van der Waals surface area (Å²) < 4.78 is 5.95. The van der Waals surface area contributed by atoms with E-state index in [4.69, 9.17) is 4.74 Å². The maximum absolute atomic E-state index is 11.7. The number of tetrazole rings is 1. The lowest BCUT2D eigenvalue weighted by molar-refractivity contribution is 0.101. The molecule has 1 aromatic heterocycles. The molecule has 0 fully saturated rings. The topological polar surface area (TPSA) is 101 Å². The second kappa shape index (κ2) is 8.43. The molecule has 0 radical (unpaired) electrons. The van der Waals surface area contributed by atoms with Crippen molar-refractivity contribution in [1.82, 2.24) is 20.6 Å². The predicted octanol–water partition coefficient (Wildman–Crippen LogP) is 3.97. The highest BCUT2D eigenvalue weighted by atomic mass is 16.5. The first-order valence-electron chi connectivity index (χ1n) is 9.66. The Morgan fingerprint density at radius 2 is 1.90 bits per heavy atom. The minimum atomic E-state index is -0.381. The van der Waals surface area contributed by atoms with Crippen LogP contribution in [0.15, 0.2) is 36.4 Å². The van der Waals surface area contributed by atoms with E-state index < -0.39 is 0 Å². The van der Waals surface area contributed by atoms with Gasteiger partial charge in [0, 0.05) is 5.56 Å². The van der Waals surface area contributed by atoms with Gasteiger partial charge in [-0.2, -0.15) is 5.21 Å². The summed E-state index contributed by atoms with van der Waals surface area (Å²) in [5, 5.41) is 24.8. The number of aromatic hydroxyl groups is 1. The van der Waals surface area contributed by atoms with Crippen molar-refractivity contribution in [2.45, 2.75) is 52.6 Å². The van der Waals surface area contributed by atoms with E-state index in [0.29, 0.717) is 24.4 Å². The lowest BCUT2D eigenvalue weighted by Crippen LogP contribution is -2.20. The SMILES string of the molecule is CCCc1c(COc2ccc(C(C)(C)c3nn[nH]n3)cc2)ccc(C(C)=O)c1O. The summed E-state index contributed by atoms with van der Waals surface area (Å²) in [6, 6.07) is 11.3. The van der Waals surface area contributed by atoms with Crippen LogP contribution in [0.25, 0.3) is 0 Å². The van der Waals surface area contributed by atoms with Gasteiger partial charge in [-0.05, 0) is 56.5 Å². The zero-order valence-electron chi connectivity index (χ0n) is 17.2. The number of phenolic OH excluding ortho intramolecular Hbond substituents is 1. The van der Waals surface area contributed by atoms with Gasteiger partial charge in [0.2, 0.25) is 0 Å². The zero-order chi connectivity index (χ0) is 21.0. The number of phenols is 1. The Balaban J connectivity index is 1.77. The minimum absolute atomic E-state index is 0.0673. The maximum Gasteiger partial charge on any atom is 0.184 e. The van der Waals surface area contributed by atoms with Gasteiger partial charge in [-0.3, -0.25) is 4.79 Å². The largest absolute Gasteiger partial charge is 0.507 e. The Morgan fingerprint density at radius 3 is 2.48 bits per heavy atom. The van der Waals surface area contributed by atoms with Crippen LogP contribution in [0.1, 0.15) is 67.0 Å². The normalized spacial score (nSPS) is 11.4. The minimum Gasteiger partial charge on any atom is -0.507 e. The molecule has 0 unspecified atom stereocenters. The molecule has 7 nitrogen and oxygen atoms in total. The van der Waals surface area contributed by atoms with Crippen molar-refractivity contribution >= 4 is 5.78 Å². The molecular formula is C22H26N4O3. The highest BCUT2D eigenvalue weighted by Crippen LogP contribution is 2.31. The van der Waals surface area contributed by atoms with Gasteiger partial charge in [0.15, 0.2) is 11.6 Å². The number of carbonyl (C=O) groups is 1. The molecule has 0 saturated carbocycles. The highest BCUT2D eigenvalue weighted by Gasteiger charge is 2.27. The average molecular weight is 394 g/mol. The number of aromatic amines is 1. The third-order valence-corrected chi connectivity index (χ3v) is 5.13. The number of aromatic nitrogens is 4. The summed E-state index contributed by atoms with van der Waals surface area (Å²) in [6.45, 7) is 7.87. The molecule has 1 heterocycles. The van der Waals surface area contributed by atoms with E-state index in [1.807, 2.05) is 51.1 Å². The summed E-state index contributed by atoms with van der Waals surface area (Å²) in [5.74, 6) is 1.26. The standard InChI is InChI=1S/C22H26N4O3/c1-5-6-19-15(7-12-18(14(2)27)20(19)28)13-29-17-10-8-16(9-11-17)22(3,4)21-23-25-26-24-21/h7-12,28H,5-6,13H2,1-4H3,(H,23,24,25,26). The van der Waals surface area contributed by atoms with Crippen LogP contribution in [0.3, 0.4) is 0 Å². The molecule has 0 saturated heterocycles. The Kier molecular flexibility index (Phi) is 5.96. The van der Waals surface area contributed by atoms with E-state index in [0.717, 1.165) is 28.9 Å². The highest BCUT2D eigenvalue weighted by molar-refractivity contribution is 5.97. The first kappa shape index (κ1) is 20.5. The van der Waals surface area contributed by atoms with E-state index in [-0.39, 0.29) is 16.9 Å². The zero-order valence-corrected chi connectivity index (χ0v) is 17.2. The first-order chi connectivity index (χ1) is 13.8. The van der Waals surface area contributed by atoms with Crippen molar-refractivity contribution in [1.29, 1.82) is 0 Å². The molecule has 3 aromatic rings. The van der Waals surface area contributed by atoms with Crippen molar-refractivity contribution in [3.05, 3.63) is 64.5 Å². The van der Waals surface area contributed by atoms with E-state index in [1.165, 1.54) is 6.92 Å². The third-order valence-electron chi connectivity index (χ3n) is 5.13. The molecule has 2 aromatic carbocycles. The molecule has 0 atom stereocenters. The molecule has 3 rings (SSSR count). The van der Waals surface area contributed by atoms with Crippen LogP contribution in [0.2, 0.25) is 0 Å². The number of ketones is 1. The molecule has 29 heavy (non-hydrogen) atoms. The fraction of sp³-hybridized carbons (Fsp3) is 0.364. The number of hydrogen-bond acceptors (Lipinski definition) is 6. The fourth-order valence-corrected chi connectivity index (χ4v) is 3.31. The lowest BCUT2D eigenvalue weighted by atomic mass is 9.84. The third kappa shape index (κ3) is 4.29. The van der Waals surface area contributed by atoms with Crippen LogP contribution in [0.5, 0.6) is 11.5 Å². The number of nitrogens with one attached hydrogen (secondary N) is 1. The number of H-pyrrole nitrogens is 1. The second-order valence-corrected chi connectivity index (χ2v) is 7.58. The summed E-state index contributed by atoms with van der Waals surface area (Å²) in [4.78, 5) is 11.7. The van der Waals surface area contributed by atoms with Crippen LogP contribution in [-0.2, 0) is 18.4 Å². The average Bonchev–Trinajstić information content (AvgIpc) is 3.24. The molecule has 0 aliphatic heterocycles. The molecule has 2 N–H and O–H groups in total. The van der Waals surface area contributed by atoms with Crippen LogP contribution in [-0.4, -0.2) is 31.5 Å². The van der Waals surface area contributed by atoms with Gasteiger partial charge in [0.1, 0.15) is 18.1 Å². The summed E-state index contributed by atoms with van der Waals surface area (Å²) in [7, 11) is 0. The van der Waals surface area contributed by atoms with Crippen molar-refractivity contribution in [2.75, 3.05) is 0 Å². The second-order valence-electron chi connectivity index (χ2n) is 7.58. The molecule has 0 aliphatic rings.